The Hall–Kier alpha value is -1.67. The quantitative estimate of drug-likeness (QED) is 0.751. The van der Waals surface area contributed by atoms with E-state index in [1.165, 1.54) is 6.33 Å². The van der Waals surface area contributed by atoms with Crippen LogP contribution in [0.4, 0.5) is 5.82 Å². The first kappa shape index (κ1) is 15.2. The highest BCUT2D eigenvalue weighted by atomic mass is 79.9. The highest BCUT2D eigenvalue weighted by Crippen LogP contribution is 2.24. The summed E-state index contributed by atoms with van der Waals surface area (Å²) in [6.07, 6.45) is 4.50. The van der Waals surface area contributed by atoms with Crippen LogP contribution in [0.15, 0.2) is 17.0 Å². The van der Waals surface area contributed by atoms with Crippen LogP contribution in [0.25, 0.3) is 5.52 Å². The van der Waals surface area contributed by atoms with Gasteiger partial charge < -0.3 is 16.2 Å². The van der Waals surface area contributed by atoms with Gasteiger partial charge in [-0.25, -0.2) is 9.50 Å². The number of carbonyl (C=O) groups is 1. The van der Waals surface area contributed by atoms with Crippen LogP contribution in [0.1, 0.15) is 31.2 Å². The third kappa shape index (κ3) is 3.07. The number of fused-ring (bicyclic) bond motifs is 1. The zero-order chi connectivity index (χ0) is 15.7. The second-order valence-electron chi connectivity index (χ2n) is 5.65. The summed E-state index contributed by atoms with van der Waals surface area (Å²) in [5, 5.41) is 16.6. The fourth-order valence-electron chi connectivity index (χ4n) is 2.91. The molecule has 8 heteroatoms. The number of nitrogen functional groups attached to an aromatic ring is 1. The molecule has 3 rings (SSSR count). The van der Waals surface area contributed by atoms with Gasteiger partial charge in [-0.05, 0) is 53.2 Å². The number of hydrogen-bond acceptors (Lipinski definition) is 5. The van der Waals surface area contributed by atoms with Crippen LogP contribution >= 0.6 is 15.9 Å². The molecular weight excluding hydrogens is 350 g/mol. The Bertz CT molecular complexity index is 694. The lowest BCUT2D eigenvalue weighted by atomic mass is 9.93. The summed E-state index contributed by atoms with van der Waals surface area (Å²) >= 11 is 3.40. The number of rotatable bonds is 3. The van der Waals surface area contributed by atoms with Crippen molar-refractivity contribution in [2.75, 3.05) is 5.73 Å². The number of aromatic nitrogens is 3. The smallest absolute Gasteiger partial charge is 0.224 e. The van der Waals surface area contributed by atoms with E-state index < -0.39 is 0 Å². The van der Waals surface area contributed by atoms with E-state index in [0.717, 1.165) is 35.8 Å². The third-order valence-corrected chi connectivity index (χ3v) is 4.60. The van der Waals surface area contributed by atoms with Gasteiger partial charge in [0.2, 0.25) is 5.91 Å². The van der Waals surface area contributed by atoms with Gasteiger partial charge in [0.25, 0.3) is 0 Å². The highest BCUT2D eigenvalue weighted by Gasteiger charge is 2.22. The van der Waals surface area contributed by atoms with Crippen LogP contribution in [-0.2, 0) is 11.2 Å². The van der Waals surface area contributed by atoms with Crippen molar-refractivity contribution in [3.05, 3.63) is 22.6 Å². The van der Waals surface area contributed by atoms with Crippen LogP contribution in [0.3, 0.4) is 0 Å². The second-order valence-corrected chi connectivity index (χ2v) is 6.46. The summed E-state index contributed by atoms with van der Waals surface area (Å²) in [7, 11) is 0. The molecular formula is C14H18BrN5O2. The van der Waals surface area contributed by atoms with E-state index in [-0.39, 0.29) is 24.5 Å². The van der Waals surface area contributed by atoms with Crippen molar-refractivity contribution in [2.24, 2.45) is 0 Å². The summed E-state index contributed by atoms with van der Waals surface area (Å²) in [5.74, 6) is 0.300. The summed E-state index contributed by atoms with van der Waals surface area (Å²) in [5.41, 5.74) is 7.34. The molecule has 0 bridgehead atoms. The van der Waals surface area contributed by atoms with Gasteiger partial charge in [-0.3, -0.25) is 4.79 Å². The van der Waals surface area contributed by atoms with Crippen molar-refractivity contribution < 1.29 is 9.90 Å². The van der Waals surface area contributed by atoms with Gasteiger partial charge in [0, 0.05) is 6.04 Å². The van der Waals surface area contributed by atoms with E-state index >= 15 is 0 Å². The minimum atomic E-state index is -0.225. The lowest BCUT2D eigenvalue weighted by Crippen LogP contribution is -2.39. The summed E-state index contributed by atoms with van der Waals surface area (Å²) in [6.45, 7) is 0. The fourth-order valence-corrected chi connectivity index (χ4v) is 3.45. The van der Waals surface area contributed by atoms with Crippen molar-refractivity contribution in [1.29, 1.82) is 0 Å². The number of nitrogens with zero attached hydrogens (tertiary/aromatic N) is 3. The van der Waals surface area contributed by atoms with Crippen molar-refractivity contribution >= 4 is 33.2 Å². The highest BCUT2D eigenvalue weighted by molar-refractivity contribution is 9.10. The van der Waals surface area contributed by atoms with E-state index in [1.54, 1.807) is 4.52 Å². The van der Waals surface area contributed by atoms with Gasteiger partial charge in [0.05, 0.1) is 12.5 Å². The first-order chi connectivity index (χ1) is 10.5. The maximum absolute atomic E-state index is 12.2. The monoisotopic (exact) mass is 367 g/mol. The number of amides is 1. The maximum Gasteiger partial charge on any atom is 0.224 e. The predicted molar refractivity (Wildman–Crippen MR) is 85.2 cm³/mol. The van der Waals surface area contributed by atoms with Crippen molar-refractivity contribution in [2.45, 2.75) is 44.2 Å². The Balaban J connectivity index is 1.72. The van der Waals surface area contributed by atoms with Crippen molar-refractivity contribution in [3.8, 4) is 0 Å². The molecule has 2 aromatic rings. The number of anilines is 1. The molecule has 0 unspecified atom stereocenters. The third-order valence-electron chi connectivity index (χ3n) is 4.03. The van der Waals surface area contributed by atoms with E-state index in [1.807, 2.05) is 6.07 Å². The van der Waals surface area contributed by atoms with Gasteiger partial charge in [0.15, 0.2) is 5.82 Å². The molecule has 0 aliphatic heterocycles. The number of nitrogens with one attached hydrogen (secondary N) is 1. The van der Waals surface area contributed by atoms with Gasteiger partial charge >= 0.3 is 0 Å². The molecule has 1 aliphatic carbocycles. The number of hydrogen-bond donors (Lipinski definition) is 3. The van der Waals surface area contributed by atoms with E-state index in [0.29, 0.717) is 11.3 Å². The molecule has 7 nitrogen and oxygen atoms in total. The van der Waals surface area contributed by atoms with Crippen LogP contribution in [0.2, 0.25) is 0 Å². The number of aliphatic hydroxyl groups is 1. The number of nitrogens with two attached hydrogens (primary N) is 1. The first-order valence-corrected chi connectivity index (χ1v) is 8.08. The molecule has 1 saturated carbocycles. The normalized spacial score (nSPS) is 21.9. The Kier molecular flexibility index (Phi) is 4.30. The maximum atomic E-state index is 12.2. The molecule has 118 valence electrons. The molecule has 1 fully saturated rings. The zero-order valence-corrected chi connectivity index (χ0v) is 13.6. The lowest BCUT2D eigenvalue weighted by molar-refractivity contribution is -0.121. The number of halogens is 1. The Morgan fingerprint density at radius 1 is 1.45 bits per heavy atom. The molecule has 0 atom stereocenters. The molecule has 4 N–H and O–H groups in total. The summed E-state index contributed by atoms with van der Waals surface area (Å²) in [6, 6.07) is 1.98. The molecule has 22 heavy (non-hydrogen) atoms. The van der Waals surface area contributed by atoms with E-state index in [2.05, 4.69) is 31.3 Å². The van der Waals surface area contributed by atoms with E-state index in [9.17, 15) is 9.90 Å². The molecule has 1 aliphatic rings. The molecule has 0 aromatic carbocycles. The minimum Gasteiger partial charge on any atom is -0.393 e. The van der Waals surface area contributed by atoms with Gasteiger partial charge in [-0.1, -0.05) is 0 Å². The van der Waals surface area contributed by atoms with Crippen molar-refractivity contribution in [1.82, 2.24) is 19.9 Å². The second kappa shape index (κ2) is 6.21. The zero-order valence-electron chi connectivity index (χ0n) is 12.0. The van der Waals surface area contributed by atoms with Crippen LogP contribution in [0, 0.1) is 0 Å². The van der Waals surface area contributed by atoms with Crippen LogP contribution < -0.4 is 11.1 Å². The lowest BCUT2D eigenvalue weighted by Gasteiger charge is -2.26. The largest absolute Gasteiger partial charge is 0.393 e. The van der Waals surface area contributed by atoms with Crippen molar-refractivity contribution in [3.63, 3.8) is 0 Å². The minimum absolute atomic E-state index is 0.0513. The Labute approximate surface area is 136 Å². The molecule has 2 aromatic heterocycles. The van der Waals surface area contributed by atoms with Crippen LogP contribution in [-0.4, -0.2) is 37.8 Å². The summed E-state index contributed by atoms with van der Waals surface area (Å²) < 4.78 is 2.36. The predicted octanol–water partition coefficient (Wildman–Crippen LogP) is 1.04. The average molecular weight is 368 g/mol. The SMILES string of the molecule is Nc1ncnn2c(Br)cc(CC(=O)NC3CCC(O)CC3)c12. The number of carbonyl (C=O) groups excluding carboxylic acids is 1. The standard InChI is InChI=1S/C14H18BrN5O2/c15-11-5-8(13-14(16)17-7-18-20(11)13)6-12(22)19-9-1-3-10(21)4-2-9/h5,7,9-10,21H,1-4,6H2,(H,19,22)(H2,16,17,18). The Morgan fingerprint density at radius 2 is 2.18 bits per heavy atom. The number of aliphatic hydroxyl groups excluding tert-OH is 1. The molecule has 0 spiro atoms. The van der Waals surface area contributed by atoms with Gasteiger partial charge in [-0.2, -0.15) is 5.10 Å². The Morgan fingerprint density at radius 3 is 2.91 bits per heavy atom. The summed E-state index contributed by atoms with van der Waals surface area (Å²) in [4.78, 5) is 16.2. The molecule has 0 radical (unpaired) electrons. The van der Waals surface area contributed by atoms with Gasteiger partial charge in [-0.15, -0.1) is 0 Å². The molecule has 2 heterocycles. The molecule has 0 saturated heterocycles. The van der Waals surface area contributed by atoms with Gasteiger partial charge in [0.1, 0.15) is 16.4 Å². The average Bonchev–Trinajstić information content (AvgIpc) is 2.79. The first-order valence-electron chi connectivity index (χ1n) is 7.28. The fraction of sp³-hybridized carbons (Fsp3) is 0.500. The van der Waals surface area contributed by atoms with Crippen LogP contribution in [0.5, 0.6) is 0 Å². The van der Waals surface area contributed by atoms with E-state index in [4.69, 9.17) is 5.73 Å². The molecule has 1 amide bonds. The topological polar surface area (TPSA) is 106 Å².